The lowest BCUT2D eigenvalue weighted by Gasteiger charge is -2.27. The summed E-state index contributed by atoms with van der Waals surface area (Å²) < 4.78 is 0. The number of unbranched alkanes of at least 4 members (excludes halogenated alkanes) is 1. The smallest absolute Gasteiger partial charge is 0.0555 e. The number of hydrogen-bond donors (Lipinski definition) is 1. The maximum absolute atomic E-state index is 9.44. The van der Waals surface area contributed by atoms with Gasteiger partial charge in [0.15, 0.2) is 0 Å². The van der Waals surface area contributed by atoms with Gasteiger partial charge in [-0.15, -0.1) is 0 Å². The van der Waals surface area contributed by atoms with Gasteiger partial charge in [0.1, 0.15) is 0 Å². The third-order valence-corrected chi connectivity index (χ3v) is 3.10. The van der Waals surface area contributed by atoms with Crippen molar-refractivity contribution < 1.29 is 5.11 Å². The molecule has 78 valence electrons. The Labute approximate surface area is 81.9 Å². The normalized spacial score (nSPS) is 28.6. The van der Waals surface area contributed by atoms with Crippen molar-refractivity contribution in [3.8, 4) is 0 Å². The molecule has 1 aliphatic carbocycles. The molecule has 0 saturated heterocycles. The van der Waals surface area contributed by atoms with Gasteiger partial charge in [0.2, 0.25) is 0 Å². The summed E-state index contributed by atoms with van der Waals surface area (Å²) >= 11 is 0. The van der Waals surface area contributed by atoms with Crippen LogP contribution in [0.5, 0.6) is 0 Å². The van der Waals surface area contributed by atoms with E-state index in [9.17, 15) is 5.11 Å². The monoisotopic (exact) mass is 185 g/mol. The van der Waals surface area contributed by atoms with Crippen LogP contribution in [0.2, 0.25) is 0 Å². The second kappa shape index (κ2) is 5.61. The van der Waals surface area contributed by atoms with E-state index >= 15 is 0 Å². The minimum atomic E-state index is -0.0272. The first-order valence-corrected chi connectivity index (χ1v) is 5.70. The highest BCUT2D eigenvalue weighted by molar-refractivity contribution is 4.81. The van der Waals surface area contributed by atoms with Crippen molar-refractivity contribution in [3.63, 3.8) is 0 Å². The second-order valence-electron chi connectivity index (χ2n) is 4.10. The molecule has 2 heteroatoms. The van der Waals surface area contributed by atoms with Crippen molar-refractivity contribution in [3.05, 3.63) is 0 Å². The summed E-state index contributed by atoms with van der Waals surface area (Å²) in [6.45, 7) is 6.81. The summed E-state index contributed by atoms with van der Waals surface area (Å²) in [5.41, 5.74) is 0. The van der Waals surface area contributed by atoms with Gasteiger partial charge in [-0.25, -0.2) is 0 Å². The van der Waals surface area contributed by atoms with Crippen LogP contribution in [0.25, 0.3) is 0 Å². The topological polar surface area (TPSA) is 23.5 Å². The van der Waals surface area contributed by atoms with Gasteiger partial charge in [-0.3, -0.25) is 0 Å². The van der Waals surface area contributed by atoms with Gasteiger partial charge in [0, 0.05) is 6.04 Å². The molecular weight excluding hydrogens is 162 g/mol. The molecule has 0 aliphatic heterocycles. The maximum Gasteiger partial charge on any atom is 0.0555 e. The third-order valence-electron chi connectivity index (χ3n) is 3.10. The van der Waals surface area contributed by atoms with Gasteiger partial charge in [0.25, 0.3) is 0 Å². The standard InChI is InChI=1S/C11H23NO/c1-3-5-8-12(4-2)10-6-7-11(13)9-10/h10-11,13H,3-9H2,1-2H3. The van der Waals surface area contributed by atoms with Crippen LogP contribution in [-0.4, -0.2) is 35.2 Å². The van der Waals surface area contributed by atoms with Gasteiger partial charge in [0.05, 0.1) is 6.10 Å². The van der Waals surface area contributed by atoms with Gasteiger partial charge >= 0.3 is 0 Å². The molecule has 1 saturated carbocycles. The van der Waals surface area contributed by atoms with Crippen LogP contribution in [0.4, 0.5) is 0 Å². The molecule has 1 N–H and O–H groups in total. The second-order valence-corrected chi connectivity index (χ2v) is 4.10. The van der Waals surface area contributed by atoms with Crippen molar-refractivity contribution in [2.24, 2.45) is 0 Å². The molecule has 2 unspecified atom stereocenters. The lowest BCUT2D eigenvalue weighted by atomic mass is 10.2. The first kappa shape index (κ1) is 11.0. The molecule has 13 heavy (non-hydrogen) atoms. The number of hydrogen-bond acceptors (Lipinski definition) is 2. The van der Waals surface area contributed by atoms with Crippen molar-refractivity contribution in [2.75, 3.05) is 13.1 Å². The zero-order chi connectivity index (χ0) is 9.68. The fourth-order valence-electron chi connectivity index (χ4n) is 2.23. The molecule has 2 nitrogen and oxygen atoms in total. The predicted molar refractivity (Wildman–Crippen MR) is 55.8 cm³/mol. The van der Waals surface area contributed by atoms with E-state index in [-0.39, 0.29) is 6.10 Å². The first-order chi connectivity index (χ1) is 6.27. The number of aliphatic hydroxyl groups is 1. The highest BCUT2D eigenvalue weighted by Gasteiger charge is 2.26. The molecule has 0 bridgehead atoms. The largest absolute Gasteiger partial charge is 0.393 e. The van der Waals surface area contributed by atoms with Gasteiger partial charge in [-0.2, -0.15) is 0 Å². The van der Waals surface area contributed by atoms with Crippen LogP contribution in [-0.2, 0) is 0 Å². The fourth-order valence-corrected chi connectivity index (χ4v) is 2.23. The first-order valence-electron chi connectivity index (χ1n) is 5.70. The van der Waals surface area contributed by atoms with Crippen molar-refractivity contribution >= 4 is 0 Å². The Morgan fingerprint density at radius 1 is 1.31 bits per heavy atom. The minimum Gasteiger partial charge on any atom is -0.393 e. The Kier molecular flexibility index (Phi) is 4.74. The van der Waals surface area contributed by atoms with Crippen LogP contribution in [0, 0.1) is 0 Å². The zero-order valence-electron chi connectivity index (χ0n) is 9.00. The van der Waals surface area contributed by atoms with E-state index in [1.165, 1.54) is 25.8 Å². The molecule has 1 rings (SSSR count). The average Bonchev–Trinajstić information content (AvgIpc) is 2.54. The lowest BCUT2D eigenvalue weighted by molar-refractivity contribution is 0.153. The summed E-state index contributed by atoms with van der Waals surface area (Å²) in [4.78, 5) is 2.53. The van der Waals surface area contributed by atoms with Crippen LogP contribution >= 0.6 is 0 Å². The molecule has 2 atom stereocenters. The summed E-state index contributed by atoms with van der Waals surface area (Å²) in [6, 6.07) is 0.659. The molecule has 0 amide bonds. The molecule has 1 aliphatic rings. The van der Waals surface area contributed by atoms with Crippen molar-refractivity contribution in [1.82, 2.24) is 4.90 Å². The fraction of sp³-hybridized carbons (Fsp3) is 1.00. The highest BCUT2D eigenvalue weighted by atomic mass is 16.3. The maximum atomic E-state index is 9.44. The van der Waals surface area contributed by atoms with Crippen LogP contribution in [0.3, 0.4) is 0 Å². The summed E-state index contributed by atoms with van der Waals surface area (Å²) in [5, 5.41) is 9.44. The Hall–Kier alpha value is -0.0800. The average molecular weight is 185 g/mol. The molecule has 1 fully saturated rings. The number of rotatable bonds is 5. The lowest BCUT2D eigenvalue weighted by Crippen LogP contribution is -2.34. The van der Waals surface area contributed by atoms with Crippen LogP contribution < -0.4 is 0 Å². The zero-order valence-corrected chi connectivity index (χ0v) is 9.00. The third kappa shape index (κ3) is 3.28. The highest BCUT2D eigenvalue weighted by Crippen LogP contribution is 2.24. The van der Waals surface area contributed by atoms with E-state index < -0.39 is 0 Å². The summed E-state index contributed by atoms with van der Waals surface area (Å²) in [6.07, 6.45) is 5.73. The summed E-state index contributed by atoms with van der Waals surface area (Å²) in [5.74, 6) is 0. The van der Waals surface area contributed by atoms with E-state index in [0.29, 0.717) is 6.04 Å². The molecule has 0 radical (unpaired) electrons. The Balaban J connectivity index is 2.29. The van der Waals surface area contributed by atoms with Crippen molar-refractivity contribution in [1.29, 1.82) is 0 Å². The van der Waals surface area contributed by atoms with Crippen LogP contribution in [0.15, 0.2) is 0 Å². The predicted octanol–water partition coefficient (Wildman–Crippen LogP) is 2.02. The molecule has 0 aromatic carbocycles. The Morgan fingerprint density at radius 3 is 2.54 bits per heavy atom. The van der Waals surface area contributed by atoms with E-state index in [2.05, 4.69) is 18.7 Å². The van der Waals surface area contributed by atoms with E-state index in [0.717, 1.165) is 19.4 Å². The Morgan fingerprint density at radius 2 is 2.08 bits per heavy atom. The molecule has 0 aromatic heterocycles. The Bertz CT molecular complexity index is 138. The number of nitrogens with zero attached hydrogens (tertiary/aromatic N) is 1. The van der Waals surface area contributed by atoms with Crippen LogP contribution in [0.1, 0.15) is 46.0 Å². The molecule has 0 spiro atoms. The SMILES string of the molecule is CCCCN(CC)C1CCC(O)C1. The minimum absolute atomic E-state index is 0.0272. The van der Waals surface area contributed by atoms with Crippen molar-refractivity contribution in [2.45, 2.75) is 58.1 Å². The number of aliphatic hydroxyl groups excluding tert-OH is 1. The van der Waals surface area contributed by atoms with Gasteiger partial charge in [-0.1, -0.05) is 20.3 Å². The van der Waals surface area contributed by atoms with E-state index in [4.69, 9.17) is 0 Å². The molecule has 0 aromatic rings. The van der Waals surface area contributed by atoms with Gasteiger partial charge in [-0.05, 0) is 38.8 Å². The molecular formula is C11H23NO. The van der Waals surface area contributed by atoms with E-state index in [1.54, 1.807) is 0 Å². The molecule has 0 heterocycles. The van der Waals surface area contributed by atoms with E-state index in [1.807, 2.05) is 0 Å². The van der Waals surface area contributed by atoms with Gasteiger partial charge < -0.3 is 10.0 Å². The quantitative estimate of drug-likeness (QED) is 0.708. The summed E-state index contributed by atoms with van der Waals surface area (Å²) in [7, 11) is 0.